The highest BCUT2D eigenvalue weighted by Crippen LogP contribution is 2.15. The molecule has 0 spiro atoms. The van der Waals surface area contributed by atoms with Gasteiger partial charge in [0.05, 0.1) is 23.9 Å². The van der Waals surface area contributed by atoms with Crippen LogP contribution in [0.25, 0.3) is 0 Å². The van der Waals surface area contributed by atoms with Crippen molar-refractivity contribution in [3.8, 4) is 5.88 Å². The van der Waals surface area contributed by atoms with E-state index in [2.05, 4.69) is 15.4 Å². The lowest BCUT2D eigenvalue weighted by atomic mass is 10.2. The van der Waals surface area contributed by atoms with Crippen LogP contribution in [-0.4, -0.2) is 26.8 Å². The van der Waals surface area contributed by atoms with E-state index in [0.717, 1.165) is 11.3 Å². The van der Waals surface area contributed by atoms with E-state index in [0.29, 0.717) is 23.8 Å². The Morgan fingerprint density at radius 2 is 1.96 bits per heavy atom. The molecule has 2 heterocycles. The van der Waals surface area contributed by atoms with Crippen LogP contribution >= 0.6 is 0 Å². The van der Waals surface area contributed by atoms with Gasteiger partial charge in [0.1, 0.15) is 5.82 Å². The first-order chi connectivity index (χ1) is 12.5. The number of nitrogens with one attached hydrogen (secondary N) is 1. The Hall–Kier alpha value is -3.15. The number of ether oxygens (including phenoxy) is 1. The predicted octanol–water partition coefficient (Wildman–Crippen LogP) is 3.67. The molecule has 1 aromatic carbocycles. The second-order valence-electron chi connectivity index (χ2n) is 6.32. The van der Waals surface area contributed by atoms with E-state index in [4.69, 9.17) is 4.74 Å². The van der Waals surface area contributed by atoms with Crippen molar-refractivity contribution in [2.45, 2.75) is 33.4 Å². The first-order valence-electron chi connectivity index (χ1n) is 8.53. The number of aromatic nitrogens is 3. The molecule has 3 rings (SSSR count). The molecule has 0 bridgehead atoms. The molecule has 26 heavy (non-hydrogen) atoms. The molecule has 0 aliphatic rings. The molecule has 6 nitrogen and oxygen atoms in total. The zero-order valence-electron chi connectivity index (χ0n) is 15.1. The molecule has 0 fully saturated rings. The second-order valence-corrected chi connectivity index (χ2v) is 6.32. The van der Waals surface area contributed by atoms with E-state index < -0.39 is 0 Å². The van der Waals surface area contributed by atoms with E-state index in [9.17, 15) is 4.79 Å². The van der Waals surface area contributed by atoms with Crippen LogP contribution in [0, 0.1) is 6.92 Å². The number of amides is 1. The van der Waals surface area contributed by atoms with E-state index in [-0.39, 0.29) is 12.0 Å². The molecule has 0 saturated heterocycles. The summed E-state index contributed by atoms with van der Waals surface area (Å²) in [6, 6.07) is 15.2. The van der Waals surface area contributed by atoms with Gasteiger partial charge in [-0.05, 0) is 32.4 Å². The maximum absolute atomic E-state index is 12.5. The number of anilines is 1. The Bertz CT molecular complexity index is 871. The summed E-state index contributed by atoms with van der Waals surface area (Å²) >= 11 is 0. The lowest BCUT2D eigenvalue weighted by Gasteiger charge is -2.10. The zero-order chi connectivity index (χ0) is 18.5. The van der Waals surface area contributed by atoms with Crippen molar-refractivity contribution >= 4 is 11.7 Å². The van der Waals surface area contributed by atoms with Crippen molar-refractivity contribution in [3.63, 3.8) is 0 Å². The molecular formula is C20H22N4O2. The smallest absolute Gasteiger partial charge is 0.258 e. The molecule has 0 atom stereocenters. The van der Waals surface area contributed by atoms with Gasteiger partial charge >= 0.3 is 0 Å². The number of rotatable bonds is 6. The number of pyridine rings is 1. The highest BCUT2D eigenvalue weighted by molar-refractivity contribution is 6.03. The van der Waals surface area contributed by atoms with Crippen molar-refractivity contribution in [2.75, 3.05) is 5.32 Å². The van der Waals surface area contributed by atoms with Crippen LogP contribution in [0.3, 0.4) is 0 Å². The number of benzene rings is 1. The fourth-order valence-electron chi connectivity index (χ4n) is 2.54. The number of hydrogen-bond acceptors (Lipinski definition) is 4. The molecule has 1 N–H and O–H groups in total. The van der Waals surface area contributed by atoms with E-state index in [1.54, 1.807) is 16.8 Å². The van der Waals surface area contributed by atoms with Gasteiger partial charge in [-0.3, -0.25) is 4.79 Å². The van der Waals surface area contributed by atoms with Crippen LogP contribution in [0.15, 0.2) is 54.7 Å². The number of carbonyl (C=O) groups is 1. The van der Waals surface area contributed by atoms with Crippen molar-refractivity contribution in [3.05, 3.63) is 71.5 Å². The van der Waals surface area contributed by atoms with Crippen molar-refractivity contribution in [1.29, 1.82) is 0 Å². The third-order valence-corrected chi connectivity index (χ3v) is 3.67. The summed E-state index contributed by atoms with van der Waals surface area (Å²) in [7, 11) is 0. The quantitative estimate of drug-likeness (QED) is 0.736. The van der Waals surface area contributed by atoms with Crippen LogP contribution in [0.4, 0.5) is 5.82 Å². The van der Waals surface area contributed by atoms with Crippen LogP contribution in [0.1, 0.15) is 35.5 Å². The van der Waals surface area contributed by atoms with Crippen LogP contribution < -0.4 is 10.1 Å². The van der Waals surface area contributed by atoms with Gasteiger partial charge in [0.15, 0.2) is 0 Å². The largest absolute Gasteiger partial charge is 0.475 e. The number of carbonyl (C=O) groups excluding carboxylic acids is 1. The summed E-state index contributed by atoms with van der Waals surface area (Å²) in [4.78, 5) is 16.7. The highest BCUT2D eigenvalue weighted by atomic mass is 16.5. The third-order valence-electron chi connectivity index (χ3n) is 3.67. The normalized spacial score (nSPS) is 10.8. The summed E-state index contributed by atoms with van der Waals surface area (Å²) in [5.41, 5.74) is 2.42. The molecule has 0 aliphatic heterocycles. The van der Waals surface area contributed by atoms with Crippen molar-refractivity contribution in [1.82, 2.24) is 14.8 Å². The van der Waals surface area contributed by atoms with Gasteiger partial charge in [0.2, 0.25) is 5.88 Å². The van der Waals surface area contributed by atoms with E-state index in [1.165, 1.54) is 6.20 Å². The van der Waals surface area contributed by atoms with Gasteiger partial charge in [-0.15, -0.1) is 0 Å². The van der Waals surface area contributed by atoms with Gasteiger partial charge in [-0.25, -0.2) is 9.67 Å². The minimum atomic E-state index is -0.234. The third kappa shape index (κ3) is 4.47. The monoisotopic (exact) mass is 350 g/mol. The maximum atomic E-state index is 12.5. The molecule has 3 aromatic rings. The molecule has 134 valence electrons. The Labute approximate surface area is 152 Å². The molecule has 0 aliphatic carbocycles. The topological polar surface area (TPSA) is 69.0 Å². The lowest BCUT2D eigenvalue weighted by Crippen LogP contribution is -2.16. The molecule has 6 heteroatoms. The minimum absolute atomic E-state index is 0.0393. The highest BCUT2D eigenvalue weighted by Gasteiger charge is 2.12. The van der Waals surface area contributed by atoms with E-state index in [1.807, 2.05) is 57.2 Å². The number of aryl methyl sites for hydroxylation is 1. The standard InChI is InChI=1S/C20H22N4O2/c1-14(2)26-19-10-9-17(12-21-19)20(25)22-18-11-15(3)23-24(18)13-16-7-5-4-6-8-16/h4-12,14H,13H2,1-3H3,(H,22,25). The molecule has 1 amide bonds. The van der Waals surface area contributed by atoms with Gasteiger partial charge in [0.25, 0.3) is 5.91 Å². The summed E-state index contributed by atoms with van der Waals surface area (Å²) in [5.74, 6) is 0.920. The molecule has 2 aromatic heterocycles. The summed E-state index contributed by atoms with van der Waals surface area (Å²) in [5, 5.41) is 7.37. The first-order valence-corrected chi connectivity index (χ1v) is 8.53. The fraction of sp³-hybridized carbons (Fsp3) is 0.250. The van der Waals surface area contributed by atoms with Crippen LogP contribution in [0.5, 0.6) is 5.88 Å². The van der Waals surface area contributed by atoms with Crippen LogP contribution in [-0.2, 0) is 6.54 Å². The molecule has 0 unspecified atom stereocenters. The van der Waals surface area contributed by atoms with E-state index >= 15 is 0 Å². The molecule has 0 saturated carbocycles. The average Bonchev–Trinajstić information content (AvgIpc) is 2.95. The Morgan fingerprint density at radius 1 is 1.19 bits per heavy atom. The minimum Gasteiger partial charge on any atom is -0.475 e. The maximum Gasteiger partial charge on any atom is 0.258 e. The second kappa shape index (κ2) is 7.82. The van der Waals surface area contributed by atoms with Gasteiger partial charge in [0, 0.05) is 18.3 Å². The lowest BCUT2D eigenvalue weighted by molar-refractivity contribution is 0.102. The zero-order valence-corrected chi connectivity index (χ0v) is 15.1. The number of nitrogens with zero attached hydrogens (tertiary/aromatic N) is 3. The summed E-state index contributed by atoms with van der Waals surface area (Å²) < 4.78 is 7.28. The Kier molecular flexibility index (Phi) is 5.31. The Morgan fingerprint density at radius 3 is 2.62 bits per heavy atom. The van der Waals surface area contributed by atoms with Crippen molar-refractivity contribution in [2.24, 2.45) is 0 Å². The average molecular weight is 350 g/mol. The Balaban J connectivity index is 1.73. The van der Waals surface area contributed by atoms with Gasteiger partial charge in [-0.1, -0.05) is 30.3 Å². The fourth-order valence-corrected chi connectivity index (χ4v) is 2.54. The molecular weight excluding hydrogens is 328 g/mol. The summed E-state index contributed by atoms with van der Waals surface area (Å²) in [6.07, 6.45) is 1.55. The number of hydrogen-bond donors (Lipinski definition) is 1. The van der Waals surface area contributed by atoms with Crippen LogP contribution in [0.2, 0.25) is 0 Å². The predicted molar refractivity (Wildman–Crippen MR) is 100 cm³/mol. The first kappa shape index (κ1) is 17.7. The SMILES string of the molecule is Cc1cc(NC(=O)c2ccc(OC(C)C)nc2)n(Cc2ccccc2)n1. The van der Waals surface area contributed by atoms with Gasteiger partial charge < -0.3 is 10.1 Å². The summed E-state index contributed by atoms with van der Waals surface area (Å²) in [6.45, 7) is 6.34. The molecule has 0 radical (unpaired) electrons. The van der Waals surface area contributed by atoms with Crippen molar-refractivity contribution < 1.29 is 9.53 Å². The van der Waals surface area contributed by atoms with Gasteiger partial charge in [-0.2, -0.15) is 5.10 Å².